The third-order valence-corrected chi connectivity index (χ3v) is 21.3. The highest BCUT2D eigenvalue weighted by Gasteiger charge is 2.17. The smallest absolute Gasteiger partial charge is 0.127 e. The van der Waals surface area contributed by atoms with E-state index in [2.05, 4.69) is 90.1 Å². The fraction of sp³-hybridized carbons (Fsp3) is 0.771. The number of rotatable bonds is 78. The van der Waals surface area contributed by atoms with Gasteiger partial charge >= 0.3 is 0 Å². The number of benzene rings is 3. The molecular formula is C96H166O8. The maximum absolute atomic E-state index is 10.9. The molecule has 0 aliphatic carbocycles. The van der Waals surface area contributed by atoms with Crippen LogP contribution in [0.25, 0.3) is 24.3 Å². The third kappa shape index (κ3) is 49.7. The minimum atomic E-state index is -0.121. The van der Waals surface area contributed by atoms with Gasteiger partial charge in [-0.05, 0) is 74.9 Å². The van der Waals surface area contributed by atoms with Crippen LogP contribution in [0.3, 0.4) is 0 Å². The fourth-order valence-electron chi connectivity index (χ4n) is 14.4. The summed E-state index contributed by atoms with van der Waals surface area (Å²) in [5, 5.41) is 21.8. The first-order valence-corrected chi connectivity index (χ1v) is 45.3. The summed E-state index contributed by atoms with van der Waals surface area (Å²) >= 11 is 0. The van der Waals surface area contributed by atoms with Crippen LogP contribution in [0, 0.1) is 0 Å². The second-order valence-corrected chi connectivity index (χ2v) is 31.1. The highest BCUT2D eigenvalue weighted by molar-refractivity contribution is 5.81. The molecule has 8 nitrogen and oxygen atoms in total. The second kappa shape index (κ2) is 70.5. The molecule has 3 aromatic rings. The molecule has 0 atom stereocenters. The normalized spacial score (nSPS) is 11.7. The van der Waals surface area contributed by atoms with E-state index in [4.69, 9.17) is 28.4 Å². The Morgan fingerprint density at radius 3 is 0.481 bits per heavy atom. The number of hydrogen-bond acceptors (Lipinski definition) is 8. The molecular weight excluding hydrogens is 1280 g/mol. The summed E-state index contributed by atoms with van der Waals surface area (Å²) in [7, 11) is 0. The minimum absolute atomic E-state index is 0.121. The predicted molar refractivity (Wildman–Crippen MR) is 453 cm³/mol. The minimum Gasteiger partial charge on any atom is -0.493 e. The molecule has 0 aromatic heterocycles. The van der Waals surface area contributed by atoms with E-state index in [0.29, 0.717) is 39.6 Å². The van der Waals surface area contributed by atoms with Crippen molar-refractivity contribution in [3.63, 3.8) is 0 Å². The summed E-state index contributed by atoms with van der Waals surface area (Å²) in [5.41, 5.74) is 5.26. The summed E-state index contributed by atoms with van der Waals surface area (Å²) in [6, 6.07) is 12.7. The van der Waals surface area contributed by atoms with Crippen molar-refractivity contribution in [2.75, 3.05) is 39.6 Å². The number of hydrogen-bond donors (Lipinski definition) is 2. The lowest BCUT2D eigenvalue weighted by Gasteiger charge is -2.17. The van der Waals surface area contributed by atoms with E-state index in [0.717, 1.165) is 145 Å². The van der Waals surface area contributed by atoms with Gasteiger partial charge in [0.15, 0.2) is 0 Å². The van der Waals surface area contributed by atoms with Crippen LogP contribution in [0.1, 0.15) is 460 Å². The first-order chi connectivity index (χ1) is 51.5. The van der Waals surface area contributed by atoms with Crippen LogP contribution < -0.4 is 28.4 Å². The highest BCUT2D eigenvalue weighted by Crippen LogP contribution is 2.38. The molecule has 0 amide bonds. The van der Waals surface area contributed by atoms with Gasteiger partial charge in [0.05, 0.1) is 52.9 Å². The zero-order chi connectivity index (χ0) is 74.3. The van der Waals surface area contributed by atoms with Gasteiger partial charge in [-0.1, -0.05) is 413 Å². The van der Waals surface area contributed by atoms with E-state index < -0.39 is 0 Å². The molecule has 0 saturated heterocycles. The van der Waals surface area contributed by atoms with Crippen molar-refractivity contribution in [3.8, 4) is 34.5 Å². The van der Waals surface area contributed by atoms with Crippen molar-refractivity contribution >= 4 is 24.3 Å². The lowest BCUT2D eigenvalue weighted by molar-refractivity contribution is 0.256. The molecule has 2 N–H and O–H groups in total. The molecule has 3 aromatic carbocycles. The molecule has 3 rings (SSSR count). The molecule has 0 radical (unpaired) electrons. The quantitative estimate of drug-likeness (QED) is 0.0426. The topological polar surface area (TPSA) is 95.8 Å². The fourth-order valence-corrected chi connectivity index (χ4v) is 14.4. The average molecular weight is 1450 g/mol. The van der Waals surface area contributed by atoms with E-state index >= 15 is 0 Å². The molecule has 0 unspecified atom stereocenters. The molecule has 0 spiro atoms. The Hall–Kier alpha value is -4.14. The first kappa shape index (κ1) is 94.1. The maximum atomic E-state index is 10.9. The van der Waals surface area contributed by atoms with Crippen molar-refractivity contribution < 1.29 is 38.6 Å². The summed E-state index contributed by atoms with van der Waals surface area (Å²) in [6.07, 6.45) is 84.7. The van der Waals surface area contributed by atoms with Gasteiger partial charge in [0.2, 0.25) is 0 Å². The molecule has 0 bridgehead atoms. The van der Waals surface area contributed by atoms with Gasteiger partial charge in [-0.2, -0.15) is 0 Å². The highest BCUT2D eigenvalue weighted by atomic mass is 16.5. The van der Waals surface area contributed by atoms with Crippen molar-refractivity contribution in [2.45, 2.75) is 440 Å². The largest absolute Gasteiger partial charge is 0.493 e. The van der Waals surface area contributed by atoms with Crippen LogP contribution in [0.4, 0.5) is 0 Å². The summed E-state index contributed by atoms with van der Waals surface area (Å²) in [4.78, 5) is 0. The predicted octanol–water partition coefficient (Wildman–Crippen LogP) is 30.8. The Kier molecular flexibility index (Phi) is 63.8. The molecule has 8 heteroatoms. The van der Waals surface area contributed by atoms with Crippen molar-refractivity contribution in [1.29, 1.82) is 0 Å². The van der Waals surface area contributed by atoms with E-state index in [9.17, 15) is 10.2 Å². The van der Waals surface area contributed by atoms with Crippen molar-refractivity contribution in [1.82, 2.24) is 0 Å². The van der Waals surface area contributed by atoms with Crippen molar-refractivity contribution in [3.05, 3.63) is 69.8 Å². The van der Waals surface area contributed by atoms with Crippen molar-refractivity contribution in [2.24, 2.45) is 0 Å². The van der Waals surface area contributed by atoms with Gasteiger partial charge in [-0.3, -0.25) is 0 Å². The lowest BCUT2D eigenvalue weighted by Crippen LogP contribution is -2.05. The average Bonchev–Trinajstić information content (AvgIpc) is 0.825. The second-order valence-electron chi connectivity index (χ2n) is 31.1. The standard InChI is InChI=1S/C96H166O8/c1-7-13-19-25-31-37-43-49-55-61-71-99-91-77-86(68-70-88-80-96(104-76-66-60-54-48-42-36-30-24-18-12-6)90(84-98)82-94(88)102-74-64-58-52-46-40-34-28-22-16-10-4)92(100-72-62-56-50-44-38-32-26-20-14-8-2)78-85(91)67-69-87-79-95(103-75-65-59-53-47-41-35-29-23-17-11-5)89(83-97)81-93(87)101-73-63-57-51-45-39-33-27-21-15-9-3/h67-70,77-82,97-98H,7-66,71-76,83-84H2,1-6H3/b69-67+,70-68+. The Balaban J connectivity index is 2.13. The lowest BCUT2D eigenvalue weighted by atomic mass is 10.0. The Morgan fingerprint density at radius 2 is 0.317 bits per heavy atom. The van der Waals surface area contributed by atoms with Gasteiger partial charge in [0.25, 0.3) is 0 Å². The van der Waals surface area contributed by atoms with Crippen LogP contribution in [-0.4, -0.2) is 49.9 Å². The Labute approximate surface area is 643 Å². The number of unbranched alkanes of at least 4 members (excludes halogenated alkanes) is 54. The summed E-state index contributed by atoms with van der Waals surface area (Å²) in [5.74, 6) is 4.60. The van der Waals surface area contributed by atoms with Crippen LogP contribution in [0.2, 0.25) is 0 Å². The molecule has 0 saturated carbocycles. The Bertz CT molecular complexity index is 2280. The molecule has 0 fully saturated rings. The third-order valence-electron chi connectivity index (χ3n) is 21.3. The van der Waals surface area contributed by atoms with Crippen LogP contribution >= 0.6 is 0 Å². The molecule has 0 heterocycles. The zero-order valence-corrected chi connectivity index (χ0v) is 69.2. The number of aliphatic hydroxyl groups is 2. The van der Waals surface area contributed by atoms with Gasteiger partial charge in [-0.15, -0.1) is 0 Å². The van der Waals surface area contributed by atoms with Crippen LogP contribution in [0.15, 0.2) is 36.4 Å². The molecule has 104 heavy (non-hydrogen) atoms. The van der Waals surface area contributed by atoms with Crippen LogP contribution in [-0.2, 0) is 13.2 Å². The SMILES string of the molecule is CCCCCCCCCCCCOc1cc(/C=C/c2cc(OCCCCCCCCCCCC)c(CO)cc2OCCCCCCCCCCCC)c(OCCCCCCCCCCCC)cc1/C=C/c1cc(OCCCCCCCCCCCC)c(CO)cc1OCCCCCCCCCCCC. The Morgan fingerprint density at radius 1 is 0.183 bits per heavy atom. The molecule has 0 aliphatic heterocycles. The van der Waals surface area contributed by atoms with E-state index in [1.165, 1.54) is 308 Å². The zero-order valence-electron chi connectivity index (χ0n) is 69.2. The summed E-state index contributed by atoms with van der Waals surface area (Å²) in [6.45, 7) is 17.2. The maximum Gasteiger partial charge on any atom is 0.127 e. The van der Waals surface area contributed by atoms with Gasteiger partial charge in [0, 0.05) is 33.4 Å². The van der Waals surface area contributed by atoms with E-state index in [1.807, 2.05) is 12.1 Å². The van der Waals surface area contributed by atoms with Crippen LogP contribution in [0.5, 0.6) is 34.5 Å². The van der Waals surface area contributed by atoms with Gasteiger partial charge in [0.1, 0.15) is 34.5 Å². The van der Waals surface area contributed by atoms with E-state index in [-0.39, 0.29) is 13.2 Å². The first-order valence-electron chi connectivity index (χ1n) is 45.3. The van der Waals surface area contributed by atoms with Gasteiger partial charge < -0.3 is 38.6 Å². The van der Waals surface area contributed by atoms with E-state index in [1.54, 1.807) is 0 Å². The molecule has 598 valence electrons. The summed E-state index contributed by atoms with van der Waals surface area (Å²) < 4.78 is 40.8. The number of aliphatic hydroxyl groups excluding tert-OH is 2. The van der Waals surface area contributed by atoms with Gasteiger partial charge in [-0.25, -0.2) is 0 Å². The molecule has 0 aliphatic rings. The number of ether oxygens (including phenoxy) is 6. The monoisotopic (exact) mass is 1450 g/mol.